The van der Waals surface area contributed by atoms with Crippen molar-refractivity contribution in [3.8, 4) is 0 Å². The van der Waals surface area contributed by atoms with Crippen molar-refractivity contribution in [3.63, 3.8) is 0 Å². The van der Waals surface area contributed by atoms with Crippen LogP contribution >= 0.6 is 0 Å². The Morgan fingerprint density at radius 1 is 1.20 bits per heavy atom. The Balaban J connectivity index is 1.85. The Hall–Kier alpha value is -1.54. The maximum absolute atomic E-state index is 5.57. The summed E-state index contributed by atoms with van der Waals surface area (Å²) in [5.74, 6) is 1.88. The van der Waals surface area contributed by atoms with Gasteiger partial charge in [-0.15, -0.1) is 0 Å². The van der Waals surface area contributed by atoms with Gasteiger partial charge < -0.3 is 9.73 Å². The van der Waals surface area contributed by atoms with E-state index in [9.17, 15) is 0 Å². The summed E-state index contributed by atoms with van der Waals surface area (Å²) < 4.78 is 5.57. The van der Waals surface area contributed by atoms with Crippen molar-refractivity contribution in [2.45, 2.75) is 44.6 Å². The standard InChI is InChI=1S/C18H23NO/c1-3-17-16(11-12-20-17)18(19-2)15-9-7-14(8-10-15)13-5-4-6-13/h7-13,18-19H,3-6H2,1-2H3. The van der Waals surface area contributed by atoms with Crippen molar-refractivity contribution in [1.29, 1.82) is 0 Å². The van der Waals surface area contributed by atoms with E-state index in [0.717, 1.165) is 18.1 Å². The van der Waals surface area contributed by atoms with E-state index < -0.39 is 0 Å². The summed E-state index contributed by atoms with van der Waals surface area (Å²) in [6.07, 6.45) is 6.83. The van der Waals surface area contributed by atoms with Crippen molar-refractivity contribution in [1.82, 2.24) is 5.32 Å². The zero-order chi connectivity index (χ0) is 13.9. The quantitative estimate of drug-likeness (QED) is 0.869. The SMILES string of the molecule is CCc1occc1C(NC)c1ccc(C2CCC2)cc1. The summed E-state index contributed by atoms with van der Waals surface area (Å²) in [6.45, 7) is 2.13. The van der Waals surface area contributed by atoms with Crippen LogP contribution in [0.25, 0.3) is 0 Å². The zero-order valence-electron chi connectivity index (χ0n) is 12.4. The minimum absolute atomic E-state index is 0.221. The minimum atomic E-state index is 0.221. The second-order valence-electron chi connectivity index (χ2n) is 5.67. The normalized spacial score (nSPS) is 16.9. The van der Waals surface area contributed by atoms with Crippen LogP contribution in [0.5, 0.6) is 0 Å². The van der Waals surface area contributed by atoms with Gasteiger partial charge in [0.2, 0.25) is 0 Å². The van der Waals surface area contributed by atoms with Gasteiger partial charge in [-0.05, 0) is 43.0 Å². The second kappa shape index (κ2) is 5.84. The lowest BCUT2D eigenvalue weighted by Crippen LogP contribution is -2.18. The molecule has 0 saturated heterocycles. The fourth-order valence-electron chi connectivity index (χ4n) is 3.10. The fraction of sp³-hybridized carbons (Fsp3) is 0.444. The molecule has 1 unspecified atom stereocenters. The van der Waals surface area contributed by atoms with E-state index in [1.807, 2.05) is 7.05 Å². The number of hydrogen-bond acceptors (Lipinski definition) is 2. The monoisotopic (exact) mass is 269 g/mol. The van der Waals surface area contributed by atoms with Crippen molar-refractivity contribution in [2.24, 2.45) is 0 Å². The molecule has 2 heteroatoms. The maximum atomic E-state index is 5.57. The number of rotatable bonds is 5. The maximum Gasteiger partial charge on any atom is 0.108 e. The number of furan rings is 1. The Bertz CT molecular complexity index is 551. The first kappa shape index (κ1) is 13.4. The van der Waals surface area contributed by atoms with Crippen molar-refractivity contribution in [3.05, 3.63) is 59.0 Å². The van der Waals surface area contributed by atoms with Gasteiger partial charge in [0.25, 0.3) is 0 Å². The molecule has 1 aliphatic rings. The van der Waals surface area contributed by atoms with E-state index in [-0.39, 0.29) is 6.04 Å². The molecule has 1 saturated carbocycles. The molecule has 1 fully saturated rings. The molecule has 106 valence electrons. The van der Waals surface area contributed by atoms with E-state index in [1.54, 1.807) is 6.26 Å². The van der Waals surface area contributed by atoms with Gasteiger partial charge in [-0.3, -0.25) is 0 Å². The third-order valence-corrected chi connectivity index (χ3v) is 4.55. The first-order valence-electron chi connectivity index (χ1n) is 7.67. The molecule has 3 rings (SSSR count). The lowest BCUT2D eigenvalue weighted by atomic mass is 9.79. The van der Waals surface area contributed by atoms with Gasteiger partial charge in [0, 0.05) is 12.0 Å². The number of nitrogens with one attached hydrogen (secondary N) is 1. The van der Waals surface area contributed by atoms with E-state index in [1.165, 1.54) is 36.0 Å². The van der Waals surface area contributed by atoms with Crippen LogP contribution in [-0.4, -0.2) is 7.05 Å². The van der Waals surface area contributed by atoms with Gasteiger partial charge >= 0.3 is 0 Å². The third kappa shape index (κ3) is 2.40. The summed E-state index contributed by atoms with van der Waals surface area (Å²) in [6, 6.07) is 11.4. The Kier molecular flexibility index (Phi) is 3.93. The van der Waals surface area contributed by atoms with Gasteiger partial charge in [0.15, 0.2) is 0 Å². The molecule has 0 spiro atoms. The largest absolute Gasteiger partial charge is 0.469 e. The van der Waals surface area contributed by atoms with Gasteiger partial charge in [-0.25, -0.2) is 0 Å². The van der Waals surface area contributed by atoms with Crippen LogP contribution in [0.3, 0.4) is 0 Å². The highest BCUT2D eigenvalue weighted by molar-refractivity contribution is 5.36. The molecule has 1 aromatic heterocycles. The van der Waals surface area contributed by atoms with Crippen LogP contribution in [0.15, 0.2) is 41.0 Å². The van der Waals surface area contributed by atoms with Gasteiger partial charge in [0.1, 0.15) is 5.76 Å². The molecule has 1 heterocycles. The lowest BCUT2D eigenvalue weighted by Gasteiger charge is -2.26. The van der Waals surface area contributed by atoms with Crippen molar-refractivity contribution < 1.29 is 4.42 Å². The highest BCUT2D eigenvalue weighted by Crippen LogP contribution is 2.37. The zero-order valence-corrected chi connectivity index (χ0v) is 12.4. The van der Waals surface area contributed by atoms with Crippen LogP contribution in [0, 0.1) is 0 Å². The molecule has 0 bridgehead atoms. The minimum Gasteiger partial charge on any atom is -0.469 e. The Morgan fingerprint density at radius 2 is 1.95 bits per heavy atom. The van der Waals surface area contributed by atoms with Gasteiger partial charge in [-0.1, -0.05) is 37.6 Å². The molecule has 2 nitrogen and oxygen atoms in total. The molecule has 0 amide bonds. The highest BCUT2D eigenvalue weighted by atomic mass is 16.3. The molecule has 20 heavy (non-hydrogen) atoms. The van der Waals surface area contributed by atoms with Crippen molar-refractivity contribution >= 4 is 0 Å². The predicted octanol–water partition coefficient (Wildman–Crippen LogP) is 4.42. The smallest absolute Gasteiger partial charge is 0.108 e. The lowest BCUT2D eigenvalue weighted by molar-refractivity contribution is 0.419. The molecular formula is C18H23NO. The summed E-state index contributed by atoms with van der Waals surface area (Å²) in [4.78, 5) is 0. The average Bonchev–Trinajstić information content (AvgIpc) is 2.88. The first-order chi connectivity index (χ1) is 9.83. The first-order valence-corrected chi connectivity index (χ1v) is 7.67. The fourth-order valence-corrected chi connectivity index (χ4v) is 3.10. The van der Waals surface area contributed by atoms with E-state index >= 15 is 0 Å². The van der Waals surface area contributed by atoms with E-state index in [4.69, 9.17) is 4.42 Å². The van der Waals surface area contributed by atoms with Crippen LogP contribution in [0.4, 0.5) is 0 Å². The average molecular weight is 269 g/mol. The van der Waals surface area contributed by atoms with Crippen molar-refractivity contribution in [2.75, 3.05) is 7.05 Å². The third-order valence-electron chi connectivity index (χ3n) is 4.55. The van der Waals surface area contributed by atoms with Crippen LogP contribution in [0.2, 0.25) is 0 Å². The Labute approximate surface area is 121 Å². The summed E-state index contributed by atoms with van der Waals surface area (Å²) in [7, 11) is 2.01. The molecule has 2 aromatic rings. The van der Waals surface area contributed by atoms with Crippen LogP contribution in [-0.2, 0) is 6.42 Å². The van der Waals surface area contributed by atoms with Gasteiger partial charge in [-0.2, -0.15) is 0 Å². The molecule has 1 atom stereocenters. The number of hydrogen-bond donors (Lipinski definition) is 1. The molecular weight excluding hydrogens is 246 g/mol. The van der Waals surface area contributed by atoms with Gasteiger partial charge in [0.05, 0.1) is 12.3 Å². The summed E-state index contributed by atoms with van der Waals surface area (Å²) in [5, 5.41) is 3.41. The van der Waals surface area contributed by atoms with E-state index in [0.29, 0.717) is 0 Å². The highest BCUT2D eigenvalue weighted by Gasteiger charge is 2.21. The molecule has 1 aromatic carbocycles. The molecule has 1 aliphatic carbocycles. The van der Waals surface area contributed by atoms with E-state index in [2.05, 4.69) is 42.6 Å². The predicted molar refractivity (Wildman–Crippen MR) is 82.0 cm³/mol. The van der Waals surface area contributed by atoms with Crippen LogP contribution in [0.1, 0.15) is 60.6 Å². The second-order valence-corrected chi connectivity index (χ2v) is 5.67. The van der Waals surface area contributed by atoms with Crippen LogP contribution < -0.4 is 5.32 Å². The summed E-state index contributed by atoms with van der Waals surface area (Å²) in [5.41, 5.74) is 4.07. The topological polar surface area (TPSA) is 25.2 Å². The molecule has 0 radical (unpaired) electrons. The number of benzene rings is 1. The summed E-state index contributed by atoms with van der Waals surface area (Å²) >= 11 is 0. The molecule has 0 aliphatic heterocycles. The number of aryl methyl sites for hydroxylation is 1. The Morgan fingerprint density at radius 3 is 2.50 bits per heavy atom. The molecule has 1 N–H and O–H groups in total.